The van der Waals surface area contributed by atoms with Gasteiger partial charge in [-0.3, -0.25) is 9.59 Å². The maximum Gasteiger partial charge on any atom is 0.251 e. The molecule has 0 aromatic heterocycles. The highest BCUT2D eigenvalue weighted by Crippen LogP contribution is 2.24. The van der Waals surface area contributed by atoms with Gasteiger partial charge >= 0.3 is 0 Å². The average molecular weight is 330 g/mol. The topological polar surface area (TPSA) is 58.2 Å². The summed E-state index contributed by atoms with van der Waals surface area (Å²) >= 11 is 0. The molecule has 0 aromatic carbocycles. The number of nitrogens with one attached hydrogen (secondary N) is 2. The quantitative estimate of drug-likeness (QED) is 0.408. The normalized spacial score (nSPS) is 22.5. The molecule has 2 N–H and O–H groups in total. The first-order valence-electron chi connectivity index (χ1n) is 8.72. The summed E-state index contributed by atoms with van der Waals surface area (Å²) in [5, 5.41) is 6.05. The number of hydrogen-bond acceptors (Lipinski definition) is 3. The summed E-state index contributed by atoms with van der Waals surface area (Å²) in [6, 6.07) is 0.135. The molecule has 0 spiro atoms. The van der Waals surface area contributed by atoms with Crippen molar-refractivity contribution in [1.82, 2.24) is 10.6 Å². The lowest BCUT2D eigenvalue weighted by Gasteiger charge is -2.17. The van der Waals surface area contributed by atoms with Crippen molar-refractivity contribution in [2.45, 2.75) is 45.1 Å². The van der Waals surface area contributed by atoms with Crippen molar-refractivity contribution in [2.24, 2.45) is 5.92 Å². The minimum atomic E-state index is -0.0730. The van der Waals surface area contributed by atoms with Gasteiger partial charge in [-0.05, 0) is 51.8 Å². The van der Waals surface area contributed by atoms with E-state index < -0.39 is 0 Å². The highest BCUT2D eigenvalue weighted by atomic mass is 16.1. The van der Waals surface area contributed by atoms with Crippen LogP contribution in [0.1, 0.15) is 39.0 Å². The van der Waals surface area contributed by atoms with Gasteiger partial charge in [-0.1, -0.05) is 37.3 Å². The molecule has 2 atom stereocenters. The van der Waals surface area contributed by atoms with Crippen LogP contribution >= 0.6 is 0 Å². The van der Waals surface area contributed by atoms with Crippen molar-refractivity contribution >= 4 is 11.7 Å². The van der Waals surface area contributed by atoms with Gasteiger partial charge in [0.15, 0.2) is 0 Å². The molecule has 1 saturated carbocycles. The van der Waals surface area contributed by atoms with Gasteiger partial charge in [0.25, 0.3) is 5.91 Å². The molecular formula is C20H30N2O2. The number of ketones is 1. The molecule has 2 unspecified atom stereocenters. The maximum absolute atomic E-state index is 12.5. The van der Waals surface area contributed by atoms with Gasteiger partial charge in [-0.2, -0.15) is 0 Å². The van der Waals surface area contributed by atoms with Crippen molar-refractivity contribution in [1.29, 1.82) is 0 Å². The van der Waals surface area contributed by atoms with Gasteiger partial charge in [0.2, 0.25) is 0 Å². The van der Waals surface area contributed by atoms with Crippen molar-refractivity contribution in [2.75, 3.05) is 13.6 Å². The summed E-state index contributed by atoms with van der Waals surface area (Å²) < 4.78 is 0. The molecule has 1 fully saturated rings. The highest BCUT2D eigenvalue weighted by molar-refractivity contribution is 5.96. The SMILES string of the molecule is C=C\C=C/C(=C\C=C/C)C(=O)NC1CCCC(C(=O)CNC)CC1. The Balaban J connectivity index is 2.64. The van der Waals surface area contributed by atoms with Crippen LogP contribution in [0.15, 0.2) is 48.6 Å². The fourth-order valence-electron chi connectivity index (χ4n) is 2.93. The molecule has 0 radical (unpaired) electrons. The average Bonchev–Trinajstić information content (AvgIpc) is 2.81. The Morgan fingerprint density at radius 3 is 2.62 bits per heavy atom. The smallest absolute Gasteiger partial charge is 0.251 e. The highest BCUT2D eigenvalue weighted by Gasteiger charge is 2.24. The number of likely N-dealkylation sites (N-methyl/N-ethyl adjacent to an activating group) is 1. The summed E-state index contributed by atoms with van der Waals surface area (Å²) in [4.78, 5) is 24.5. The third-order valence-electron chi connectivity index (χ3n) is 4.25. The standard InChI is InChI=1S/C20H30N2O2/c1-4-6-9-17(10-7-5-2)20(24)22-18-12-8-11-16(13-14-18)19(23)15-21-3/h4-7,9-10,16,18,21H,1,8,11-15H2,2-3H3,(H,22,24)/b7-5-,9-6-,17-10+. The van der Waals surface area contributed by atoms with Crippen LogP contribution < -0.4 is 10.6 Å². The molecule has 1 aliphatic rings. The van der Waals surface area contributed by atoms with Crippen LogP contribution in [0.4, 0.5) is 0 Å². The van der Waals surface area contributed by atoms with Crippen molar-refractivity contribution in [3.63, 3.8) is 0 Å². The van der Waals surface area contributed by atoms with E-state index in [1.807, 2.05) is 19.1 Å². The summed E-state index contributed by atoms with van der Waals surface area (Å²) in [6.07, 6.45) is 15.2. The lowest BCUT2D eigenvalue weighted by Crippen LogP contribution is -2.35. The molecule has 0 bridgehead atoms. The number of hydrogen-bond donors (Lipinski definition) is 2. The van der Waals surface area contributed by atoms with Gasteiger partial charge in [-0.25, -0.2) is 0 Å². The summed E-state index contributed by atoms with van der Waals surface area (Å²) in [7, 11) is 1.80. The number of rotatable bonds is 8. The van der Waals surface area contributed by atoms with E-state index in [0.717, 1.165) is 32.1 Å². The first kappa shape index (κ1) is 20.1. The number of allylic oxidation sites excluding steroid dienone is 5. The predicted octanol–water partition coefficient (Wildman–Crippen LogP) is 3.08. The van der Waals surface area contributed by atoms with E-state index in [9.17, 15) is 9.59 Å². The Morgan fingerprint density at radius 1 is 1.17 bits per heavy atom. The lowest BCUT2D eigenvalue weighted by molar-refractivity contribution is -0.122. The molecular weight excluding hydrogens is 300 g/mol. The molecule has 0 aromatic rings. The van der Waals surface area contributed by atoms with E-state index >= 15 is 0 Å². The first-order valence-corrected chi connectivity index (χ1v) is 8.72. The zero-order chi connectivity index (χ0) is 17.8. The van der Waals surface area contributed by atoms with Crippen molar-refractivity contribution in [3.8, 4) is 0 Å². The zero-order valence-electron chi connectivity index (χ0n) is 14.9. The fraction of sp³-hybridized carbons (Fsp3) is 0.500. The van der Waals surface area contributed by atoms with E-state index in [4.69, 9.17) is 0 Å². The van der Waals surface area contributed by atoms with Gasteiger partial charge in [0.05, 0.1) is 6.54 Å². The monoisotopic (exact) mass is 330 g/mol. The van der Waals surface area contributed by atoms with Gasteiger partial charge in [0, 0.05) is 17.5 Å². The summed E-state index contributed by atoms with van der Waals surface area (Å²) in [5.74, 6) is 0.335. The Kier molecular flexibility index (Phi) is 9.70. The molecule has 1 aliphatic carbocycles. The molecule has 24 heavy (non-hydrogen) atoms. The van der Waals surface area contributed by atoms with Crippen LogP contribution in [0.5, 0.6) is 0 Å². The Hall–Kier alpha value is -1.94. The second kappa shape index (κ2) is 11.6. The van der Waals surface area contributed by atoms with Crippen LogP contribution in [0.3, 0.4) is 0 Å². The lowest BCUT2D eigenvalue weighted by atomic mass is 9.95. The fourth-order valence-corrected chi connectivity index (χ4v) is 2.93. The molecule has 0 aliphatic heterocycles. The second-order valence-corrected chi connectivity index (χ2v) is 6.11. The Bertz CT molecular complexity index is 518. The second-order valence-electron chi connectivity index (χ2n) is 6.11. The van der Waals surface area contributed by atoms with Gasteiger partial charge in [-0.15, -0.1) is 0 Å². The summed E-state index contributed by atoms with van der Waals surface area (Å²) in [6.45, 7) is 5.99. The van der Waals surface area contributed by atoms with Crippen LogP contribution in [0, 0.1) is 5.92 Å². The molecule has 4 heteroatoms. The Morgan fingerprint density at radius 2 is 1.96 bits per heavy atom. The first-order chi connectivity index (χ1) is 11.6. The van der Waals surface area contributed by atoms with Gasteiger partial charge < -0.3 is 10.6 Å². The van der Waals surface area contributed by atoms with E-state index in [-0.39, 0.29) is 23.7 Å². The minimum Gasteiger partial charge on any atom is -0.349 e. The third-order valence-corrected chi connectivity index (χ3v) is 4.25. The van der Waals surface area contributed by atoms with Crippen LogP contribution in [-0.2, 0) is 9.59 Å². The molecule has 0 heterocycles. The minimum absolute atomic E-state index is 0.0730. The van der Waals surface area contributed by atoms with E-state index in [2.05, 4.69) is 17.2 Å². The predicted molar refractivity (Wildman–Crippen MR) is 99.7 cm³/mol. The summed E-state index contributed by atoms with van der Waals surface area (Å²) in [5.41, 5.74) is 0.611. The molecule has 1 rings (SSSR count). The number of carbonyl (C=O) groups is 2. The molecule has 132 valence electrons. The maximum atomic E-state index is 12.5. The number of Topliss-reactive ketones (excluding diaryl/α,β-unsaturated/α-hetero) is 1. The molecule has 1 amide bonds. The van der Waals surface area contributed by atoms with Crippen LogP contribution in [-0.4, -0.2) is 31.3 Å². The van der Waals surface area contributed by atoms with Crippen molar-refractivity contribution < 1.29 is 9.59 Å². The largest absolute Gasteiger partial charge is 0.349 e. The number of carbonyl (C=O) groups excluding carboxylic acids is 2. The number of amides is 1. The van der Waals surface area contributed by atoms with Crippen LogP contribution in [0.25, 0.3) is 0 Å². The zero-order valence-corrected chi connectivity index (χ0v) is 14.9. The molecule has 4 nitrogen and oxygen atoms in total. The van der Waals surface area contributed by atoms with E-state index in [1.165, 1.54) is 0 Å². The van der Waals surface area contributed by atoms with Crippen LogP contribution in [0.2, 0.25) is 0 Å². The molecule has 0 saturated heterocycles. The van der Waals surface area contributed by atoms with E-state index in [1.54, 1.807) is 31.4 Å². The van der Waals surface area contributed by atoms with Crippen molar-refractivity contribution in [3.05, 3.63) is 48.6 Å². The van der Waals surface area contributed by atoms with E-state index in [0.29, 0.717) is 12.1 Å². The third kappa shape index (κ3) is 7.09. The Labute approximate surface area is 145 Å². The van der Waals surface area contributed by atoms with Gasteiger partial charge in [0.1, 0.15) is 5.78 Å².